The first-order chi connectivity index (χ1) is 18.3. The van der Waals surface area contributed by atoms with Gasteiger partial charge in [0.15, 0.2) is 0 Å². The number of aromatic nitrogens is 1. The van der Waals surface area contributed by atoms with Gasteiger partial charge in [0.1, 0.15) is 0 Å². The number of nitrogens with zero attached hydrogens (tertiary/aromatic N) is 1. The van der Waals surface area contributed by atoms with Gasteiger partial charge in [-0.1, -0.05) is 92.7 Å². The van der Waals surface area contributed by atoms with Gasteiger partial charge in [-0.3, -0.25) is 4.79 Å². The Morgan fingerprint density at radius 3 is 2.05 bits per heavy atom. The second-order valence-corrected chi connectivity index (χ2v) is 10.6. The van der Waals surface area contributed by atoms with E-state index >= 15 is 0 Å². The molecule has 38 heavy (non-hydrogen) atoms. The van der Waals surface area contributed by atoms with Crippen LogP contribution in [0.25, 0.3) is 22.0 Å². The van der Waals surface area contributed by atoms with Crippen molar-refractivity contribution in [3.05, 3.63) is 131 Å². The fraction of sp³-hybridized carbons (Fsp3) is 0.229. The van der Waals surface area contributed by atoms with E-state index in [0.29, 0.717) is 11.5 Å². The molecule has 0 unspecified atom stereocenters. The van der Waals surface area contributed by atoms with Gasteiger partial charge < -0.3 is 9.88 Å². The van der Waals surface area contributed by atoms with Crippen LogP contribution in [-0.2, 0) is 6.54 Å². The minimum atomic E-state index is -0.0642. The van der Waals surface area contributed by atoms with Crippen molar-refractivity contribution >= 4 is 16.8 Å². The van der Waals surface area contributed by atoms with Gasteiger partial charge in [-0.25, -0.2) is 0 Å². The third-order valence-electron chi connectivity index (χ3n) is 7.75. The van der Waals surface area contributed by atoms with Gasteiger partial charge in [-0.15, -0.1) is 0 Å². The smallest absolute Gasteiger partial charge is 0.251 e. The molecule has 0 fully saturated rings. The summed E-state index contributed by atoms with van der Waals surface area (Å²) in [6.45, 7) is 11.5. The van der Waals surface area contributed by atoms with E-state index in [4.69, 9.17) is 0 Å². The molecule has 5 rings (SSSR count). The van der Waals surface area contributed by atoms with E-state index in [-0.39, 0.29) is 11.9 Å². The summed E-state index contributed by atoms with van der Waals surface area (Å²) in [6, 6.07) is 33.8. The lowest BCUT2D eigenvalue weighted by Crippen LogP contribution is -2.26. The standard InChI is InChI=1S/C35H36N2O/c1-23(2)28-15-17-29(18-16-28)25(4)36-35(38)32-19-20-34-33(21-32)24(3)26(5)37(34)22-27-11-13-31(14-12-27)30-9-7-6-8-10-30/h6-21,23,25H,22H2,1-5H3,(H,36,38)/t25-/m0/s1. The zero-order valence-electron chi connectivity index (χ0n) is 23.0. The summed E-state index contributed by atoms with van der Waals surface area (Å²) in [7, 11) is 0. The Labute approximate surface area is 226 Å². The summed E-state index contributed by atoms with van der Waals surface area (Å²) in [5.41, 5.74) is 10.4. The molecule has 0 saturated carbocycles. The first kappa shape index (κ1) is 25.5. The number of fused-ring (bicyclic) bond motifs is 1. The van der Waals surface area contributed by atoms with Crippen LogP contribution in [0.5, 0.6) is 0 Å². The lowest BCUT2D eigenvalue weighted by Gasteiger charge is -2.16. The first-order valence-electron chi connectivity index (χ1n) is 13.5. The lowest BCUT2D eigenvalue weighted by atomic mass is 9.99. The zero-order valence-corrected chi connectivity index (χ0v) is 23.0. The van der Waals surface area contributed by atoms with Crippen molar-refractivity contribution in [2.75, 3.05) is 0 Å². The number of carbonyl (C=O) groups is 1. The van der Waals surface area contributed by atoms with Crippen molar-refractivity contribution in [2.45, 2.75) is 53.1 Å². The maximum atomic E-state index is 13.2. The Hall–Kier alpha value is -4.11. The molecule has 0 radical (unpaired) electrons. The number of rotatable bonds is 7. The van der Waals surface area contributed by atoms with E-state index in [1.165, 1.54) is 33.5 Å². The third-order valence-corrected chi connectivity index (χ3v) is 7.75. The Kier molecular flexibility index (Phi) is 7.20. The van der Waals surface area contributed by atoms with Crippen molar-refractivity contribution in [3.8, 4) is 11.1 Å². The molecule has 0 bridgehead atoms. The van der Waals surface area contributed by atoms with Crippen LogP contribution >= 0.6 is 0 Å². The van der Waals surface area contributed by atoms with Gasteiger partial charge in [0.05, 0.1) is 6.04 Å². The highest BCUT2D eigenvalue weighted by atomic mass is 16.1. The minimum absolute atomic E-state index is 0.0476. The number of amides is 1. The molecule has 0 saturated heterocycles. The molecule has 4 aromatic carbocycles. The second-order valence-electron chi connectivity index (χ2n) is 10.6. The van der Waals surface area contributed by atoms with Crippen molar-refractivity contribution < 1.29 is 4.79 Å². The average molecular weight is 501 g/mol. The molecule has 0 aliphatic rings. The Morgan fingerprint density at radius 2 is 1.39 bits per heavy atom. The third kappa shape index (κ3) is 5.15. The molecule has 3 nitrogen and oxygen atoms in total. The van der Waals surface area contributed by atoms with Crippen LogP contribution in [-0.4, -0.2) is 10.5 Å². The fourth-order valence-corrected chi connectivity index (χ4v) is 5.14. The maximum absolute atomic E-state index is 13.2. The minimum Gasteiger partial charge on any atom is -0.346 e. The Bertz CT molecular complexity index is 1560. The molecule has 5 aromatic rings. The number of hydrogen-bond acceptors (Lipinski definition) is 1. The lowest BCUT2D eigenvalue weighted by molar-refractivity contribution is 0.0940. The summed E-state index contributed by atoms with van der Waals surface area (Å²) in [5.74, 6) is 0.446. The molecule has 0 spiro atoms. The normalized spacial score (nSPS) is 12.2. The summed E-state index contributed by atoms with van der Waals surface area (Å²) in [4.78, 5) is 13.2. The van der Waals surface area contributed by atoms with Crippen molar-refractivity contribution in [3.63, 3.8) is 0 Å². The van der Waals surface area contributed by atoms with E-state index in [2.05, 4.69) is 116 Å². The molecule has 1 N–H and O–H groups in total. The number of carbonyl (C=O) groups excluding carboxylic acids is 1. The van der Waals surface area contributed by atoms with E-state index in [1.807, 2.05) is 25.1 Å². The molecule has 0 aliphatic carbocycles. The van der Waals surface area contributed by atoms with Gasteiger partial charge in [0.2, 0.25) is 0 Å². The highest BCUT2D eigenvalue weighted by Gasteiger charge is 2.16. The number of aryl methyl sites for hydroxylation is 1. The topological polar surface area (TPSA) is 34.0 Å². The van der Waals surface area contributed by atoms with Crippen molar-refractivity contribution in [2.24, 2.45) is 0 Å². The zero-order chi connectivity index (χ0) is 26.8. The predicted octanol–water partition coefficient (Wildman–Crippen LogP) is 8.59. The second kappa shape index (κ2) is 10.7. The molecule has 1 aromatic heterocycles. The average Bonchev–Trinajstić information content (AvgIpc) is 3.18. The molecule has 3 heteroatoms. The van der Waals surface area contributed by atoms with Crippen LogP contribution in [0.4, 0.5) is 0 Å². The van der Waals surface area contributed by atoms with Gasteiger partial charge in [0, 0.05) is 28.7 Å². The molecule has 1 amide bonds. The fourth-order valence-electron chi connectivity index (χ4n) is 5.14. The molecular formula is C35H36N2O. The number of nitrogens with one attached hydrogen (secondary N) is 1. The van der Waals surface area contributed by atoms with Gasteiger partial charge >= 0.3 is 0 Å². The van der Waals surface area contributed by atoms with Crippen LogP contribution in [0, 0.1) is 13.8 Å². The predicted molar refractivity (Wildman–Crippen MR) is 159 cm³/mol. The van der Waals surface area contributed by atoms with Crippen LogP contribution in [0.15, 0.2) is 97.1 Å². The molecular weight excluding hydrogens is 464 g/mol. The SMILES string of the molecule is Cc1c(C)n(Cc2ccc(-c3ccccc3)cc2)c2ccc(C(=O)N[C@@H](C)c3ccc(C(C)C)cc3)cc12. The molecule has 1 heterocycles. The van der Waals surface area contributed by atoms with Crippen LogP contribution in [0.1, 0.15) is 71.0 Å². The molecule has 1 atom stereocenters. The largest absolute Gasteiger partial charge is 0.346 e. The van der Waals surface area contributed by atoms with E-state index in [0.717, 1.165) is 23.0 Å². The Morgan fingerprint density at radius 1 is 0.763 bits per heavy atom. The summed E-state index contributed by atoms with van der Waals surface area (Å²) in [5, 5.41) is 4.31. The van der Waals surface area contributed by atoms with Crippen LogP contribution in [0.2, 0.25) is 0 Å². The van der Waals surface area contributed by atoms with E-state index < -0.39 is 0 Å². The quantitative estimate of drug-likeness (QED) is 0.238. The number of benzene rings is 4. The molecule has 192 valence electrons. The monoisotopic (exact) mass is 500 g/mol. The Balaban J connectivity index is 1.35. The summed E-state index contributed by atoms with van der Waals surface area (Å²) < 4.78 is 2.35. The first-order valence-corrected chi connectivity index (χ1v) is 13.5. The number of hydrogen-bond donors (Lipinski definition) is 1. The van der Waals surface area contributed by atoms with Gasteiger partial charge in [-0.2, -0.15) is 0 Å². The van der Waals surface area contributed by atoms with E-state index in [9.17, 15) is 4.79 Å². The van der Waals surface area contributed by atoms with Crippen molar-refractivity contribution in [1.29, 1.82) is 0 Å². The maximum Gasteiger partial charge on any atom is 0.251 e. The van der Waals surface area contributed by atoms with Crippen LogP contribution in [0.3, 0.4) is 0 Å². The highest BCUT2D eigenvalue weighted by Crippen LogP contribution is 2.28. The summed E-state index contributed by atoms with van der Waals surface area (Å²) >= 11 is 0. The highest BCUT2D eigenvalue weighted by molar-refractivity contribution is 5.99. The van der Waals surface area contributed by atoms with Gasteiger partial charge in [-0.05, 0) is 78.3 Å². The van der Waals surface area contributed by atoms with Gasteiger partial charge in [0.25, 0.3) is 5.91 Å². The summed E-state index contributed by atoms with van der Waals surface area (Å²) in [6.07, 6.45) is 0. The molecule has 0 aliphatic heterocycles. The van der Waals surface area contributed by atoms with Crippen LogP contribution < -0.4 is 5.32 Å². The van der Waals surface area contributed by atoms with E-state index in [1.54, 1.807) is 0 Å². The van der Waals surface area contributed by atoms with Crippen molar-refractivity contribution in [1.82, 2.24) is 9.88 Å².